The molecule has 1 unspecified atom stereocenters. The van der Waals surface area contributed by atoms with Crippen LogP contribution in [0.2, 0.25) is 0 Å². The van der Waals surface area contributed by atoms with Gasteiger partial charge in [-0.25, -0.2) is 0 Å². The third kappa shape index (κ3) is 1.96. The van der Waals surface area contributed by atoms with E-state index in [4.69, 9.17) is 5.73 Å². The third-order valence-corrected chi connectivity index (χ3v) is 2.51. The molecule has 0 saturated heterocycles. The van der Waals surface area contributed by atoms with Gasteiger partial charge in [-0.15, -0.1) is 0 Å². The second kappa shape index (κ2) is 3.84. The lowest BCUT2D eigenvalue weighted by Gasteiger charge is -2.04. The van der Waals surface area contributed by atoms with Gasteiger partial charge in [0.15, 0.2) is 0 Å². The smallest absolute Gasteiger partial charge is 0.0454 e. The van der Waals surface area contributed by atoms with Crippen molar-refractivity contribution < 1.29 is 0 Å². The minimum absolute atomic E-state index is 0.289. The normalized spacial score (nSPS) is 13.3. The van der Waals surface area contributed by atoms with Gasteiger partial charge in [-0.1, -0.05) is 6.07 Å². The second-order valence-electron chi connectivity index (χ2n) is 3.92. The zero-order chi connectivity index (χ0) is 9.97. The molecule has 0 bridgehead atoms. The van der Waals surface area contributed by atoms with E-state index < -0.39 is 0 Å². The van der Waals surface area contributed by atoms with Crippen LogP contribution in [0.4, 0.5) is 0 Å². The second-order valence-corrected chi connectivity index (χ2v) is 3.92. The third-order valence-electron chi connectivity index (χ3n) is 2.51. The first-order valence-corrected chi connectivity index (χ1v) is 5.07. The van der Waals surface area contributed by atoms with E-state index in [-0.39, 0.29) is 6.04 Å². The van der Waals surface area contributed by atoms with Gasteiger partial charge in [0.25, 0.3) is 0 Å². The summed E-state index contributed by atoms with van der Waals surface area (Å²) < 4.78 is 0. The van der Waals surface area contributed by atoms with Crippen LogP contribution in [0.25, 0.3) is 10.9 Å². The lowest BCUT2D eigenvalue weighted by Crippen LogP contribution is -2.15. The standard InChI is InChI=1S/C12H16N2/c1-9(13)2-3-10-4-5-12-11(8-10)6-7-14-12/h4-9,14H,2-3,13H2,1H3. The van der Waals surface area contributed by atoms with E-state index in [1.807, 2.05) is 6.20 Å². The Morgan fingerprint density at radius 3 is 3.00 bits per heavy atom. The maximum absolute atomic E-state index is 5.73. The minimum Gasteiger partial charge on any atom is -0.361 e. The summed E-state index contributed by atoms with van der Waals surface area (Å²) in [4.78, 5) is 3.19. The zero-order valence-corrected chi connectivity index (χ0v) is 8.46. The van der Waals surface area contributed by atoms with Gasteiger partial charge >= 0.3 is 0 Å². The van der Waals surface area contributed by atoms with Crippen LogP contribution in [0.5, 0.6) is 0 Å². The molecule has 0 spiro atoms. The van der Waals surface area contributed by atoms with Crippen molar-refractivity contribution in [3.05, 3.63) is 36.0 Å². The molecular formula is C12H16N2. The van der Waals surface area contributed by atoms with Crippen molar-refractivity contribution in [2.45, 2.75) is 25.8 Å². The molecule has 0 amide bonds. The van der Waals surface area contributed by atoms with Crippen molar-refractivity contribution in [3.8, 4) is 0 Å². The van der Waals surface area contributed by atoms with Crippen molar-refractivity contribution in [1.29, 1.82) is 0 Å². The van der Waals surface area contributed by atoms with Crippen molar-refractivity contribution >= 4 is 10.9 Å². The van der Waals surface area contributed by atoms with Crippen LogP contribution in [-0.2, 0) is 6.42 Å². The maximum Gasteiger partial charge on any atom is 0.0454 e. The molecule has 2 heteroatoms. The quantitative estimate of drug-likeness (QED) is 0.763. The number of hydrogen-bond acceptors (Lipinski definition) is 1. The van der Waals surface area contributed by atoms with Crippen molar-refractivity contribution in [2.75, 3.05) is 0 Å². The molecule has 0 radical (unpaired) electrons. The summed E-state index contributed by atoms with van der Waals surface area (Å²) in [5.41, 5.74) is 8.30. The summed E-state index contributed by atoms with van der Waals surface area (Å²) in [6.07, 6.45) is 4.09. The number of benzene rings is 1. The molecule has 0 aliphatic heterocycles. The van der Waals surface area contributed by atoms with Crippen LogP contribution in [0, 0.1) is 0 Å². The fourth-order valence-corrected chi connectivity index (χ4v) is 1.65. The Morgan fingerprint density at radius 1 is 1.36 bits per heavy atom. The predicted molar refractivity (Wildman–Crippen MR) is 60.3 cm³/mol. The van der Waals surface area contributed by atoms with Gasteiger partial charge in [-0.3, -0.25) is 0 Å². The maximum atomic E-state index is 5.73. The van der Waals surface area contributed by atoms with E-state index in [0.29, 0.717) is 0 Å². The van der Waals surface area contributed by atoms with Gasteiger partial charge in [-0.2, -0.15) is 0 Å². The van der Waals surface area contributed by atoms with Gasteiger partial charge < -0.3 is 10.7 Å². The molecule has 1 heterocycles. The van der Waals surface area contributed by atoms with Crippen LogP contribution in [-0.4, -0.2) is 11.0 Å². The number of nitrogens with two attached hydrogens (primary N) is 1. The molecule has 1 aromatic carbocycles. The fraction of sp³-hybridized carbons (Fsp3) is 0.333. The number of aromatic amines is 1. The highest BCUT2D eigenvalue weighted by molar-refractivity contribution is 5.79. The van der Waals surface area contributed by atoms with Crippen LogP contribution in [0.3, 0.4) is 0 Å². The average Bonchev–Trinajstić information content (AvgIpc) is 2.61. The van der Waals surface area contributed by atoms with E-state index in [1.165, 1.54) is 16.5 Å². The predicted octanol–water partition coefficient (Wildman–Crippen LogP) is 2.45. The van der Waals surface area contributed by atoms with Crippen molar-refractivity contribution in [2.24, 2.45) is 5.73 Å². The number of H-pyrrole nitrogens is 1. The fourth-order valence-electron chi connectivity index (χ4n) is 1.65. The highest BCUT2D eigenvalue weighted by atomic mass is 14.7. The molecule has 74 valence electrons. The molecular weight excluding hydrogens is 172 g/mol. The Labute approximate surface area is 84.1 Å². The summed E-state index contributed by atoms with van der Waals surface area (Å²) in [6.45, 7) is 2.05. The Bertz CT molecular complexity index is 415. The van der Waals surface area contributed by atoms with Crippen LogP contribution in [0.1, 0.15) is 18.9 Å². The van der Waals surface area contributed by atoms with Crippen LogP contribution < -0.4 is 5.73 Å². The largest absolute Gasteiger partial charge is 0.361 e. The summed E-state index contributed by atoms with van der Waals surface area (Å²) in [5, 5.41) is 1.28. The number of aromatic nitrogens is 1. The number of nitrogens with one attached hydrogen (secondary N) is 1. The molecule has 1 aromatic heterocycles. The van der Waals surface area contributed by atoms with Crippen LogP contribution >= 0.6 is 0 Å². The summed E-state index contributed by atoms with van der Waals surface area (Å²) in [5.74, 6) is 0. The van der Waals surface area contributed by atoms with E-state index in [0.717, 1.165) is 12.8 Å². The Morgan fingerprint density at radius 2 is 2.21 bits per heavy atom. The van der Waals surface area contributed by atoms with Crippen LogP contribution in [0.15, 0.2) is 30.5 Å². The number of fused-ring (bicyclic) bond motifs is 1. The van der Waals surface area contributed by atoms with Gasteiger partial charge in [0.2, 0.25) is 0 Å². The molecule has 2 rings (SSSR count). The first-order valence-electron chi connectivity index (χ1n) is 5.07. The molecule has 0 saturated carbocycles. The topological polar surface area (TPSA) is 41.8 Å². The molecule has 0 aliphatic rings. The Hall–Kier alpha value is -1.28. The first kappa shape index (κ1) is 9.28. The highest BCUT2D eigenvalue weighted by Gasteiger charge is 1.99. The highest BCUT2D eigenvalue weighted by Crippen LogP contribution is 2.15. The molecule has 3 N–H and O–H groups in total. The van der Waals surface area contributed by atoms with E-state index >= 15 is 0 Å². The summed E-state index contributed by atoms with van der Waals surface area (Å²) in [6, 6.07) is 8.92. The average molecular weight is 188 g/mol. The lowest BCUT2D eigenvalue weighted by atomic mass is 10.1. The van der Waals surface area contributed by atoms with Gasteiger partial charge in [0.1, 0.15) is 0 Å². The van der Waals surface area contributed by atoms with E-state index in [2.05, 4.69) is 36.2 Å². The zero-order valence-electron chi connectivity index (χ0n) is 8.46. The first-order chi connectivity index (χ1) is 6.75. The molecule has 2 aromatic rings. The minimum atomic E-state index is 0.289. The molecule has 14 heavy (non-hydrogen) atoms. The molecule has 1 atom stereocenters. The summed E-state index contributed by atoms with van der Waals surface area (Å²) in [7, 11) is 0. The molecule has 0 fully saturated rings. The number of hydrogen-bond donors (Lipinski definition) is 2. The Balaban J connectivity index is 2.17. The number of aryl methyl sites for hydroxylation is 1. The Kier molecular flexibility index (Phi) is 2.55. The monoisotopic (exact) mass is 188 g/mol. The SMILES string of the molecule is CC(N)CCc1ccc2[nH]ccc2c1. The van der Waals surface area contributed by atoms with Crippen molar-refractivity contribution in [1.82, 2.24) is 4.98 Å². The van der Waals surface area contributed by atoms with Gasteiger partial charge in [0.05, 0.1) is 0 Å². The van der Waals surface area contributed by atoms with Crippen molar-refractivity contribution in [3.63, 3.8) is 0 Å². The van der Waals surface area contributed by atoms with E-state index in [9.17, 15) is 0 Å². The molecule has 0 aliphatic carbocycles. The lowest BCUT2D eigenvalue weighted by molar-refractivity contribution is 0.666. The van der Waals surface area contributed by atoms with Gasteiger partial charge in [-0.05, 0) is 48.9 Å². The summed E-state index contributed by atoms with van der Waals surface area (Å²) >= 11 is 0. The molecule has 2 nitrogen and oxygen atoms in total. The number of rotatable bonds is 3. The van der Waals surface area contributed by atoms with E-state index in [1.54, 1.807) is 0 Å². The van der Waals surface area contributed by atoms with Gasteiger partial charge in [0, 0.05) is 17.8 Å².